The first-order chi connectivity index (χ1) is 8.74. The minimum Gasteiger partial charge on any atom is -0.444 e. The number of rotatable bonds is 6. The van der Waals surface area contributed by atoms with Crippen LogP contribution in [0.25, 0.3) is 0 Å². The van der Waals surface area contributed by atoms with Crippen molar-refractivity contribution in [3.63, 3.8) is 0 Å². The van der Waals surface area contributed by atoms with Gasteiger partial charge in [0.1, 0.15) is 5.60 Å². The van der Waals surface area contributed by atoms with Gasteiger partial charge in [-0.15, -0.1) is 5.10 Å². The fourth-order valence-corrected chi connectivity index (χ4v) is 1.25. The molecule has 1 atom stereocenters. The van der Waals surface area contributed by atoms with Crippen LogP contribution in [0, 0.1) is 0 Å². The fourth-order valence-electron chi connectivity index (χ4n) is 1.25. The van der Waals surface area contributed by atoms with Crippen LogP contribution in [-0.4, -0.2) is 29.9 Å². The van der Waals surface area contributed by atoms with Crippen molar-refractivity contribution < 1.29 is 9.53 Å². The maximum atomic E-state index is 11.6. The number of unbranched alkanes of at least 4 members (excludes halogenated alkanes) is 1. The Morgan fingerprint density at radius 3 is 2.53 bits per heavy atom. The van der Waals surface area contributed by atoms with Gasteiger partial charge in [-0.3, -0.25) is 0 Å². The molecule has 0 aliphatic heterocycles. The minimum absolute atomic E-state index is 0.122. The van der Waals surface area contributed by atoms with Gasteiger partial charge in [0, 0.05) is 6.21 Å². The second-order valence-corrected chi connectivity index (χ2v) is 5.18. The summed E-state index contributed by atoms with van der Waals surface area (Å²) >= 11 is 0. The number of guanidine groups is 1. The Kier molecular flexibility index (Phi) is 7.55. The molecule has 0 saturated heterocycles. The quantitative estimate of drug-likeness (QED) is 0.384. The summed E-state index contributed by atoms with van der Waals surface area (Å²) in [7, 11) is 0. The highest BCUT2D eigenvalue weighted by atomic mass is 16.6. The van der Waals surface area contributed by atoms with E-state index >= 15 is 0 Å². The normalized spacial score (nSPS) is 13.1. The molecule has 110 valence electrons. The van der Waals surface area contributed by atoms with Crippen molar-refractivity contribution in [2.24, 2.45) is 21.7 Å². The van der Waals surface area contributed by atoms with Gasteiger partial charge in [0.05, 0.1) is 6.04 Å². The Hall–Kier alpha value is -1.79. The first-order valence-corrected chi connectivity index (χ1v) is 6.36. The zero-order chi connectivity index (χ0) is 14.9. The van der Waals surface area contributed by atoms with E-state index in [4.69, 9.17) is 16.2 Å². The van der Waals surface area contributed by atoms with Crippen molar-refractivity contribution in [1.29, 1.82) is 0 Å². The summed E-state index contributed by atoms with van der Waals surface area (Å²) in [6.45, 7) is 7.49. The van der Waals surface area contributed by atoms with Gasteiger partial charge in [-0.05, 0) is 27.2 Å². The van der Waals surface area contributed by atoms with Crippen LogP contribution in [0.2, 0.25) is 0 Å². The molecular weight excluding hydrogens is 246 g/mol. The summed E-state index contributed by atoms with van der Waals surface area (Å²) < 4.78 is 5.18. The van der Waals surface area contributed by atoms with E-state index in [2.05, 4.69) is 22.4 Å². The van der Waals surface area contributed by atoms with Gasteiger partial charge >= 0.3 is 6.09 Å². The molecule has 0 aromatic heterocycles. The van der Waals surface area contributed by atoms with E-state index in [-0.39, 0.29) is 12.0 Å². The maximum absolute atomic E-state index is 11.6. The van der Waals surface area contributed by atoms with Crippen LogP contribution in [0.15, 0.2) is 10.2 Å². The van der Waals surface area contributed by atoms with Crippen molar-refractivity contribution in [3.8, 4) is 0 Å². The molecule has 0 heterocycles. The second kappa shape index (κ2) is 8.34. The summed E-state index contributed by atoms with van der Waals surface area (Å²) in [5.41, 5.74) is 9.80. The molecule has 0 aliphatic carbocycles. The van der Waals surface area contributed by atoms with Crippen molar-refractivity contribution >= 4 is 18.3 Å². The van der Waals surface area contributed by atoms with E-state index in [0.29, 0.717) is 0 Å². The number of hydrogen-bond donors (Lipinski definition) is 3. The molecule has 1 amide bonds. The Balaban J connectivity index is 4.46. The summed E-state index contributed by atoms with van der Waals surface area (Å²) in [6.07, 6.45) is 3.74. The lowest BCUT2D eigenvalue weighted by Gasteiger charge is -2.21. The number of carbonyl (C=O) groups excluding carboxylic acids is 1. The number of alkyl carbamates (subject to hydrolysis) is 1. The standard InChI is InChI=1S/C12H25N5O2/c1-5-6-7-9(8-15-17-10(13)14)16-11(18)19-12(2,3)4/h8-9H,5-7H2,1-4H3,(H,16,18)(H4,13,14,17)/b15-8+/t9-/m0/s1. The van der Waals surface area contributed by atoms with Crippen LogP contribution in [0.3, 0.4) is 0 Å². The van der Waals surface area contributed by atoms with Crippen LogP contribution >= 0.6 is 0 Å². The number of ether oxygens (including phenoxy) is 1. The third-order valence-electron chi connectivity index (χ3n) is 1.99. The highest BCUT2D eigenvalue weighted by Crippen LogP contribution is 2.07. The zero-order valence-corrected chi connectivity index (χ0v) is 12.1. The lowest BCUT2D eigenvalue weighted by atomic mass is 10.1. The number of hydrogen-bond acceptors (Lipinski definition) is 4. The van der Waals surface area contributed by atoms with Crippen LogP contribution < -0.4 is 16.8 Å². The Morgan fingerprint density at radius 1 is 1.42 bits per heavy atom. The molecule has 0 aromatic carbocycles. The number of amides is 1. The Bertz CT molecular complexity index is 330. The summed E-state index contributed by atoms with van der Waals surface area (Å²) in [4.78, 5) is 11.6. The van der Waals surface area contributed by atoms with Gasteiger partial charge in [0.15, 0.2) is 0 Å². The fraction of sp³-hybridized carbons (Fsp3) is 0.750. The SMILES string of the molecule is CCCC[C@@H](/C=N/N=C(N)N)NC(=O)OC(C)(C)C. The van der Waals surface area contributed by atoms with Crippen molar-refractivity contribution in [3.05, 3.63) is 0 Å². The molecule has 0 spiro atoms. The van der Waals surface area contributed by atoms with E-state index < -0.39 is 11.7 Å². The van der Waals surface area contributed by atoms with Gasteiger partial charge in [-0.2, -0.15) is 5.10 Å². The average Bonchev–Trinajstić information content (AvgIpc) is 2.22. The molecule has 0 unspecified atom stereocenters. The highest BCUT2D eigenvalue weighted by molar-refractivity contribution is 5.78. The monoisotopic (exact) mass is 271 g/mol. The number of nitrogens with zero attached hydrogens (tertiary/aromatic N) is 2. The molecule has 0 rings (SSSR count). The van der Waals surface area contributed by atoms with Gasteiger partial charge in [0.2, 0.25) is 5.96 Å². The first-order valence-electron chi connectivity index (χ1n) is 6.36. The first kappa shape index (κ1) is 17.2. The molecule has 5 N–H and O–H groups in total. The Labute approximate surface area is 114 Å². The summed E-state index contributed by atoms with van der Waals surface area (Å²) in [5.74, 6) is -0.122. The van der Waals surface area contributed by atoms with E-state index in [1.54, 1.807) is 20.8 Å². The predicted molar refractivity (Wildman–Crippen MR) is 77.0 cm³/mol. The largest absolute Gasteiger partial charge is 0.444 e. The molecule has 0 radical (unpaired) electrons. The molecule has 0 aliphatic rings. The number of nitrogens with two attached hydrogens (primary N) is 2. The van der Waals surface area contributed by atoms with Crippen molar-refractivity contribution in [2.75, 3.05) is 0 Å². The second-order valence-electron chi connectivity index (χ2n) is 5.18. The van der Waals surface area contributed by atoms with Gasteiger partial charge < -0.3 is 21.5 Å². The van der Waals surface area contributed by atoms with E-state index in [1.807, 2.05) is 0 Å². The van der Waals surface area contributed by atoms with E-state index in [1.165, 1.54) is 6.21 Å². The lowest BCUT2D eigenvalue weighted by Crippen LogP contribution is -2.40. The highest BCUT2D eigenvalue weighted by Gasteiger charge is 2.18. The topological polar surface area (TPSA) is 115 Å². The minimum atomic E-state index is -0.531. The molecule has 0 bridgehead atoms. The summed E-state index contributed by atoms with van der Waals surface area (Å²) in [5, 5.41) is 9.94. The molecule has 0 saturated carbocycles. The van der Waals surface area contributed by atoms with Crippen molar-refractivity contribution in [1.82, 2.24) is 5.32 Å². The lowest BCUT2D eigenvalue weighted by molar-refractivity contribution is 0.0517. The third kappa shape index (κ3) is 11.1. The van der Waals surface area contributed by atoms with Crippen LogP contribution in [0.1, 0.15) is 47.0 Å². The molecule has 7 heteroatoms. The molecule has 19 heavy (non-hydrogen) atoms. The number of carbonyl (C=O) groups is 1. The average molecular weight is 271 g/mol. The molecule has 7 nitrogen and oxygen atoms in total. The molecule has 0 aromatic rings. The van der Waals surface area contributed by atoms with Crippen molar-refractivity contribution in [2.45, 2.75) is 58.6 Å². The van der Waals surface area contributed by atoms with E-state index in [9.17, 15) is 4.79 Å². The van der Waals surface area contributed by atoms with Gasteiger partial charge in [-0.1, -0.05) is 19.8 Å². The number of nitrogens with one attached hydrogen (secondary N) is 1. The predicted octanol–water partition coefficient (Wildman–Crippen LogP) is 1.33. The summed E-state index contributed by atoms with van der Waals surface area (Å²) in [6, 6.07) is -0.252. The smallest absolute Gasteiger partial charge is 0.408 e. The maximum Gasteiger partial charge on any atom is 0.408 e. The van der Waals surface area contributed by atoms with E-state index in [0.717, 1.165) is 19.3 Å². The third-order valence-corrected chi connectivity index (χ3v) is 1.99. The Morgan fingerprint density at radius 2 is 2.05 bits per heavy atom. The van der Waals surface area contributed by atoms with Crippen LogP contribution in [-0.2, 0) is 4.74 Å². The van der Waals surface area contributed by atoms with Crippen LogP contribution in [0.5, 0.6) is 0 Å². The zero-order valence-electron chi connectivity index (χ0n) is 12.1. The van der Waals surface area contributed by atoms with Gasteiger partial charge in [-0.25, -0.2) is 4.79 Å². The van der Waals surface area contributed by atoms with Gasteiger partial charge in [0.25, 0.3) is 0 Å². The molecular formula is C12H25N5O2. The molecule has 0 fully saturated rings. The van der Waals surface area contributed by atoms with Crippen LogP contribution in [0.4, 0.5) is 4.79 Å².